The van der Waals surface area contributed by atoms with Gasteiger partial charge in [0.15, 0.2) is 5.69 Å². The second-order valence-corrected chi connectivity index (χ2v) is 5.28. The maximum atomic E-state index is 12.3. The van der Waals surface area contributed by atoms with Crippen LogP contribution < -0.4 is 0 Å². The predicted octanol–water partition coefficient (Wildman–Crippen LogP) is -0.0810. The van der Waals surface area contributed by atoms with E-state index >= 15 is 0 Å². The molecule has 2 heterocycles. The van der Waals surface area contributed by atoms with Gasteiger partial charge in [-0.3, -0.25) is 9.59 Å². The number of aromatic nitrogens is 3. The highest BCUT2D eigenvalue weighted by atomic mass is 16.4. The molecule has 1 aliphatic rings. The number of piperidine rings is 1. The van der Waals surface area contributed by atoms with Crippen molar-refractivity contribution in [2.75, 3.05) is 26.7 Å². The van der Waals surface area contributed by atoms with Crippen LogP contribution in [0.3, 0.4) is 0 Å². The molecule has 2 rings (SSSR count). The summed E-state index contributed by atoms with van der Waals surface area (Å²) >= 11 is 0. The minimum Gasteiger partial charge on any atom is -0.480 e. The number of carbonyl (C=O) groups excluding carboxylic acids is 1. The molecule has 8 nitrogen and oxygen atoms in total. The van der Waals surface area contributed by atoms with Crippen molar-refractivity contribution in [3.8, 4) is 0 Å². The van der Waals surface area contributed by atoms with E-state index in [-0.39, 0.29) is 24.2 Å². The van der Waals surface area contributed by atoms with Crippen LogP contribution in [-0.4, -0.2) is 74.5 Å². The van der Waals surface area contributed by atoms with Crippen molar-refractivity contribution in [2.45, 2.75) is 32.4 Å². The third-order valence-electron chi connectivity index (χ3n) is 3.93. The maximum absolute atomic E-state index is 12.3. The van der Waals surface area contributed by atoms with Gasteiger partial charge in [0.05, 0.1) is 6.20 Å². The molecule has 0 bridgehead atoms. The smallest absolute Gasteiger partial charge is 0.325 e. The minimum atomic E-state index is -1.01. The van der Waals surface area contributed by atoms with Crippen LogP contribution in [0.2, 0.25) is 0 Å². The third-order valence-corrected chi connectivity index (χ3v) is 3.93. The number of hydrogen-bond acceptors (Lipinski definition) is 5. The fourth-order valence-corrected chi connectivity index (χ4v) is 2.58. The molecule has 0 atom stereocenters. The molecule has 0 radical (unpaired) electrons. The molecule has 8 heteroatoms. The first-order valence-electron chi connectivity index (χ1n) is 7.12. The Hall–Kier alpha value is -1.96. The molecular weight excluding hydrogens is 274 g/mol. The van der Waals surface area contributed by atoms with Crippen molar-refractivity contribution in [1.82, 2.24) is 24.8 Å². The molecule has 1 amide bonds. The third kappa shape index (κ3) is 3.78. The summed E-state index contributed by atoms with van der Waals surface area (Å²) in [7, 11) is 1.77. The topological polar surface area (TPSA) is 91.6 Å². The van der Waals surface area contributed by atoms with Gasteiger partial charge >= 0.3 is 5.97 Å². The van der Waals surface area contributed by atoms with Crippen LogP contribution in [0.4, 0.5) is 0 Å². The zero-order valence-electron chi connectivity index (χ0n) is 12.4. The minimum absolute atomic E-state index is 0.191. The summed E-state index contributed by atoms with van der Waals surface area (Å²) in [5.74, 6) is -1.22. The molecule has 1 aromatic rings. The first-order chi connectivity index (χ1) is 10.0. The number of carbonyl (C=O) groups is 2. The highest BCUT2D eigenvalue weighted by Crippen LogP contribution is 2.16. The quantitative estimate of drug-likeness (QED) is 0.817. The fourth-order valence-electron chi connectivity index (χ4n) is 2.58. The Balaban J connectivity index is 1.96. The summed E-state index contributed by atoms with van der Waals surface area (Å²) in [5, 5.41) is 16.1. The van der Waals surface area contributed by atoms with Gasteiger partial charge in [-0.15, -0.1) is 5.10 Å². The van der Waals surface area contributed by atoms with E-state index in [1.165, 1.54) is 6.20 Å². The van der Waals surface area contributed by atoms with Crippen molar-refractivity contribution in [3.63, 3.8) is 0 Å². The highest BCUT2D eigenvalue weighted by Gasteiger charge is 2.26. The molecule has 0 unspecified atom stereocenters. The molecule has 0 spiro atoms. The summed E-state index contributed by atoms with van der Waals surface area (Å²) in [6.07, 6.45) is 3.27. The monoisotopic (exact) mass is 295 g/mol. The predicted molar refractivity (Wildman–Crippen MR) is 74.9 cm³/mol. The van der Waals surface area contributed by atoms with Crippen molar-refractivity contribution in [2.24, 2.45) is 0 Å². The van der Waals surface area contributed by atoms with Gasteiger partial charge in [-0.2, -0.15) is 0 Å². The lowest BCUT2D eigenvalue weighted by atomic mass is 10.0. The Kier molecular flexibility index (Phi) is 4.89. The Labute approximate surface area is 123 Å². The molecule has 21 heavy (non-hydrogen) atoms. The summed E-state index contributed by atoms with van der Waals surface area (Å²) in [6, 6.07) is 0.199. The van der Waals surface area contributed by atoms with Crippen LogP contribution in [0.15, 0.2) is 6.20 Å². The van der Waals surface area contributed by atoms with Crippen LogP contribution in [0, 0.1) is 0 Å². The Bertz CT molecular complexity index is 508. The van der Waals surface area contributed by atoms with Crippen molar-refractivity contribution in [3.05, 3.63) is 11.9 Å². The van der Waals surface area contributed by atoms with Crippen LogP contribution in [0.5, 0.6) is 0 Å². The zero-order valence-corrected chi connectivity index (χ0v) is 12.4. The van der Waals surface area contributed by atoms with E-state index in [0.29, 0.717) is 0 Å². The Morgan fingerprint density at radius 1 is 1.43 bits per heavy atom. The van der Waals surface area contributed by atoms with E-state index in [4.69, 9.17) is 5.11 Å². The van der Waals surface area contributed by atoms with Gasteiger partial charge in [0, 0.05) is 26.2 Å². The summed E-state index contributed by atoms with van der Waals surface area (Å²) in [4.78, 5) is 27.0. The number of rotatable bonds is 5. The van der Waals surface area contributed by atoms with Crippen molar-refractivity contribution >= 4 is 11.9 Å². The second kappa shape index (κ2) is 6.66. The Morgan fingerprint density at radius 2 is 2.10 bits per heavy atom. The molecule has 0 aliphatic carbocycles. The molecule has 0 saturated carbocycles. The Morgan fingerprint density at radius 3 is 2.67 bits per heavy atom. The lowest BCUT2D eigenvalue weighted by molar-refractivity contribution is -0.137. The van der Waals surface area contributed by atoms with Gasteiger partial charge in [0.2, 0.25) is 0 Å². The molecule has 1 N–H and O–H groups in total. The van der Waals surface area contributed by atoms with Gasteiger partial charge < -0.3 is 14.9 Å². The van der Waals surface area contributed by atoms with E-state index in [1.807, 2.05) is 0 Å². The molecule has 116 valence electrons. The number of likely N-dealkylation sites (tertiary alicyclic amines) is 1. The summed E-state index contributed by atoms with van der Waals surface area (Å²) in [5.41, 5.74) is 0.191. The highest BCUT2D eigenvalue weighted by molar-refractivity contribution is 5.92. The van der Waals surface area contributed by atoms with Crippen molar-refractivity contribution in [1.29, 1.82) is 0 Å². The summed E-state index contributed by atoms with van der Waals surface area (Å²) in [6.45, 7) is 4.86. The number of aliphatic carboxylic acids is 1. The largest absolute Gasteiger partial charge is 0.480 e. The van der Waals surface area contributed by atoms with E-state index < -0.39 is 5.97 Å². The molecule has 1 aliphatic heterocycles. The average Bonchev–Trinajstić information content (AvgIpc) is 2.93. The SMILES string of the molecule is CCN1CCC(N(C)C(=O)c2cn(CC(=O)O)nn2)CC1. The second-order valence-electron chi connectivity index (χ2n) is 5.28. The van der Waals surface area contributed by atoms with Crippen LogP contribution >= 0.6 is 0 Å². The zero-order chi connectivity index (χ0) is 15.4. The number of nitrogens with zero attached hydrogens (tertiary/aromatic N) is 5. The first kappa shape index (κ1) is 15.4. The molecule has 1 fully saturated rings. The number of hydrogen-bond donors (Lipinski definition) is 1. The van der Waals surface area contributed by atoms with Crippen molar-refractivity contribution < 1.29 is 14.7 Å². The van der Waals surface area contributed by atoms with E-state index in [1.54, 1.807) is 11.9 Å². The average molecular weight is 295 g/mol. The maximum Gasteiger partial charge on any atom is 0.325 e. The number of carboxylic acid groups (broad SMARTS) is 1. The van der Waals surface area contributed by atoms with Crippen LogP contribution in [0.1, 0.15) is 30.3 Å². The standard InChI is InChI=1S/C13H21N5O3/c1-3-17-6-4-10(5-7-17)16(2)13(21)11-8-18(15-14-11)9-12(19)20/h8,10H,3-7,9H2,1-2H3,(H,19,20). The lowest BCUT2D eigenvalue weighted by Crippen LogP contribution is -2.45. The van der Waals surface area contributed by atoms with E-state index in [0.717, 1.165) is 37.2 Å². The van der Waals surface area contributed by atoms with Gasteiger partial charge in [-0.05, 0) is 19.4 Å². The summed E-state index contributed by atoms with van der Waals surface area (Å²) < 4.78 is 1.16. The molecular formula is C13H21N5O3. The number of amides is 1. The molecule has 1 aromatic heterocycles. The number of carboxylic acids is 1. The van der Waals surface area contributed by atoms with E-state index in [9.17, 15) is 9.59 Å². The van der Waals surface area contributed by atoms with Gasteiger partial charge in [0.1, 0.15) is 6.54 Å². The van der Waals surface area contributed by atoms with Gasteiger partial charge in [-0.1, -0.05) is 12.1 Å². The molecule has 0 aromatic carbocycles. The normalized spacial score (nSPS) is 16.9. The van der Waals surface area contributed by atoms with Gasteiger partial charge in [-0.25, -0.2) is 4.68 Å². The first-order valence-corrected chi connectivity index (χ1v) is 7.12. The fraction of sp³-hybridized carbons (Fsp3) is 0.692. The van der Waals surface area contributed by atoms with Crippen LogP contribution in [-0.2, 0) is 11.3 Å². The van der Waals surface area contributed by atoms with Crippen LogP contribution in [0.25, 0.3) is 0 Å². The lowest BCUT2D eigenvalue weighted by Gasteiger charge is -2.35. The molecule has 1 saturated heterocycles. The van der Waals surface area contributed by atoms with Gasteiger partial charge in [0.25, 0.3) is 5.91 Å². The van der Waals surface area contributed by atoms with E-state index in [2.05, 4.69) is 22.1 Å².